The van der Waals surface area contributed by atoms with Crippen LogP contribution < -0.4 is 0 Å². The molecule has 1 aromatic heterocycles. The van der Waals surface area contributed by atoms with Crippen LogP contribution in [0.2, 0.25) is 0 Å². The standard InChI is InChI=1S/C18H27N3O2/c1-13-18(14(2)20(3)19-13)16-12-23-10-9-21(16)17(22)11-15-7-5-4-6-8-15/h7,16H,4-6,8-12H2,1-3H3/t16-/m0/s1. The molecule has 0 radical (unpaired) electrons. The summed E-state index contributed by atoms with van der Waals surface area (Å²) in [7, 11) is 1.95. The van der Waals surface area contributed by atoms with Gasteiger partial charge >= 0.3 is 0 Å². The van der Waals surface area contributed by atoms with Gasteiger partial charge in [-0.3, -0.25) is 9.48 Å². The monoisotopic (exact) mass is 317 g/mol. The quantitative estimate of drug-likeness (QED) is 0.805. The molecule has 0 spiro atoms. The Bertz CT molecular complexity index is 618. The first kappa shape index (κ1) is 16.2. The minimum Gasteiger partial charge on any atom is -0.377 e. The molecule has 23 heavy (non-hydrogen) atoms. The third-order valence-corrected chi connectivity index (χ3v) is 5.11. The van der Waals surface area contributed by atoms with E-state index in [1.54, 1.807) is 0 Å². The number of aromatic nitrogens is 2. The van der Waals surface area contributed by atoms with Crippen LogP contribution in [0.25, 0.3) is 0 Å². The second-order valence-electron chi connectivity index (χ2n) is 6.67. The lowest BCUT2D eigenvalue weighted by molar-refractivity contribution is -0.139. The van der Waals surface area contributed by atoms with Gasteiger partial charge in [-0.2, -0.15) is 5.10 Å². The van der Waals surface area contributed by atoms with Gasteiger partial charge in [-0.15, -0.1) is 0 Å². The number of hydrogen-bond acceptors (Lipinski definition) is 3. The highest BCUT2D eigenvalue weighted by atomic mass is 16.5. The first-order valence-electron chi connectivity index (χ1n) is 8.63. The number of nitrogens with zero attached hydrogens (tertiary/aromatic N) is 3. The fourth-order valence-corrected chi connectivity index (χ4v) is 3.77. The molecule has 0 N–H and O–H groups in total. The summed E-state index contributed by atoms with van der Waals surface area (Å²) in [4.78, 5) is 14.9. The van der Waals surface area contributed by atoms with Gasteiger partial charge in [0.15, 0.2) is 0 Å². The SMILES string of the molecule is Cc1nn(C)c(C)c1[C@@H]1COCCN1C(=O)CC1=CCCCC1. The summed E-state index contributed by atoms with van der Waals surface area (Å²) in [5.74, 6) is 0.231. The van der Waals surface area contributed by atoms with Gasteiger partial charge in [-0.1, -0.05) is 11.6 Å². The Hall–Kier alpha value is -1.62. The number of rotatable bonds is 3. The van der Waals surface area contributed by atoms with Crippen molar-refractivity contribution in [1.82, 2.24) is 14.7 Å². The van der Waals surface area contributed by atoms with Crippen LogP contribution in [0, 0.1) is 13.8 Å². The number of carbonyl (C=O) groups is 1. The topological polar surface area (TPSA) is 47.4 Å². The average molecular weight is 317 g/mol. The van der Waals surface area contributed by atoms with E-state index in [4.69, 9.17) is 4.74 Å². The van der Waals surface area contributed by atoms with E-state index in [0.29, 0.717) is 26.2 Å². The molecule has 0 saturated carbocycles. The van der Waals surface area contributed by atoms with Crippen LogP contribution >= 0.6 is 0 Å². The highest BCUT2D eigenvalue weighted by molar-refractivity contribution is 5.79. The summed E-state index contributed by atoms with van der Waals surface area (Å²) in [5.41, 5.74) is 4.58. The van der Waals surface area contributed by atoms with Crippen molar-refractivity contribution in [1.29, 1.82) is 0 Å². The van der Waals surface area contributed by atoms with E-state index in [1.807, 2.05) is 23.6 Å². The summed E-state index contributed by atoms with van der Waals surface area (Å²) in [6.45, 7) is 5.95. The van der Waals surface area contributed by atoms with E-state index in [0.717, 1.165) is 29.8 Å². The molecule has 1 aliphatic heterocycles. The molecular weight excluding hydrogens is 290 g/mol. The Morgan fingerprint density at radius 2 is 2.22 bits per heavy atom. The van der Waals surface area contributed by atoms with Crippen molar-refractivity contribution < 1.29 is 9.53 Å². The lowest BCUT2D eigenvalue weighted by atomic mass is 9.95. The van der Waals surface area contributed by atoms with Crippen LogP contribution in [-0.4, -0.2) is 40.3 Å². The molecule has 1 aromatic rings. The number of hydrogen-bond donors (Lipinski definition) is 0. The minimum atomic E-state index is -0.00543. The van der Waals surface area contributed by atoms with Crippen molar-refractivity contribution in [3.8, 4) is 0 Å². The van der Waals surface area contributed by atoms with Crippen molar-refractivity contribution >= 4 is 5.91 Å². The predicted octanol–water partition coefficient (Wildman–Crippen LogP) is 2.83. The van der Waals surface area contributed by atoms with Gasteiger partial charge < -0.3 is 9.64 Å². The molecule has 1 amide bonds. The van der Waals surface area contributed by atoms with Crippen LogP contribution in [0.1, 0.15) is 55.1 Å². The number of ether oxygens (including phenoxy) is 1. The van der Waals surface area contributed by atoms with Crippen LogP contribution in [0.3, 0.4) is 0 Å². The van der Waals surface area contributed by atoms with Crippen molar-refractivity contribution in [2.45, 2.75) is 52.0 Å². The first-order valence-corrected chi connectivity index (χ1v) is 8.63. The molecule has 5 heteroatoms. The minimum absolute atomic E-state index is 0.00543. The molecule has 1 atom stereocenters. The summed E-state index contributed by atoms with van der Waals surface area (Å²) >= 11 is 0. The zero-order valence-corrected chi connectivity index (χ0v) is 14.5. The number of carbonyl (C=O) groups excluding carboxylic acids is 1. The number of allylic oxidation sites excluding steroid dienone is 1. The molecule has 0 bridgehead atoms. The molecule has 1 saturated heterocycles. The Labute approximate surface area is 138 Å². The maximum Gasteiger partial charge on any atom is 0.227 e. The summed E-state index contributed by atoms with van der Waals surface area (Å²) in [5, 5.41) is 4.51. The van der Waals surface area contributed by atoms with Crippen LogP contribution in [0.5, 0.6) is 0 Å². The van der Waals surface area contributed by atoms with E-state index in [2.05, 4.69) is 18.1 Å². The molecule has 3 rings (SSSR count). The smallest absolute Gasteiger partial charge is 0.227 e. The van der Waals surface area contributed by atoms with Gasteiger partial charge in [0, 0.05) is 31.3 Å². The number of morpholine rings is 1. The Balaban J connectivity index is 1.81. The maximum absolute atomic E-state index is 12.9. The second kappa shape index (κ2) is 6.87. The van der Waals surface area contributed by atoms with Gasteiger partial charge in [0.25, 0.3) is 0 Å². The average Bonchev–Trinajstić information content (AvgIpc) is 2.81. The summed E-state index contributed by atoms with van der Waals surface area (Å²) < 4.78 is 7.58. The molecular formula is C18H27N3O2. The van der Waals surface area contributed by atoms with Crippen LogP contribution in [-0.2, 0) is 16.6 Å². The number of amides is 1. The predicted molar refractivity (Wildman–Crippen MR) is 89.1 cm³/mol. The molecule has 2 aliphatic rings. The van der Waals surface area contributed by atoms with Gasteiger partial charge in [0.05, 0.1) is 24.9 Å². The molecule has 1 aliphatic carbocycles. The fraction of sp³-hybridized carbons (Fsp3) is 0.667. The largest absolute Gasteiger partial charge is 0.377 e. The van der Waals surface area contributed by atoms with Crippen LogP contribution in [0.4, 0.5) is 0 Å². The molecule has 0 unspecified atom stereocenters. The third kappa shape index (κ3) is 3.34. The lowest BCUT2D eigenvalue weighted by Gasteiger charge is -2.36. The molecule has 1 fully saturated rings. The van der Waals surface area contributed by atoms with E-state index in [9.17, 15) is 4.79 Å². The normalized spacial score (nSPS) is 22.1. The van der Waals surface area contributed by atoms with Crippen molar-refractivity contribution in [3.63, 3.8) is 0 Å². The van der Waals surface area contributed by atoms with E-state index < -0.39 is 0 Å². The second-order valence-corrected chi connectivity index (χ2v) is 6.67. The summed E-state index contributed by atoms with van der Waals surface area (Å²) in [6.07, 6.45) is 7.49. The van der Waals surface area contributed by atoms with Gasteiger partial charge in [0.1, 0.15) is 0 Å². The highest BCUT2D eigenvalue weighted by Gasteiger charge is 2.32. The van der Waals surface area contributed by atoms with Crippen molar-refractivity contribution in [2.24, 2.45) is 7.05 Å². The van der Waals surface area contributed by atoms with Gasteiger partial charge in [-0.05, 0) is 39.5 Å². The number of aryl methyl sites for hydroxylation is 2. The molecule has 2 heterocycles. The van der Waals surface area contributed by atoms with Gasteiger partial charge in [-0.25, -0.2) is 0 Å². The summed E-state index contributed by atoms with van der Waals surface area (Å²) in [6, 6.07) is -0.00543. The Morgan fingerprint density at radius 3 is 2.87 bits per heavy atom. The Morgan fingerprint density at radius 1 is 1.39 bits per heavy atom. The molecule has 0 aromatic carbocycles. The zero-order chi connectivity index (χ0) is 16.4. The van der Waals surface area contributed by atoms with E-state index >= 15 is 0 Å². The molecule has 126 valence electrons. The maximum atomic E-state index is 12.9. The van der Waals surface area contributed by atoms with E-state index in [-0.39, 0.29) is 11.9 Å². The van der Waals surface area contributed by atoms with Gasteiger partial charge in [0.2, 0.25) is 5.91 Å². The highest BCUT2D eigenvalue weighted by Crippen LogP contribution is 2.31. The fourth-order valence-electron chi connectivity index (χ4n) is 3.77. The van der Waals surface area contributed by atoms with Crippen molar-refractivity contribution in [3.05, 3.63) is 28.6 Å². The Kier molecular flexibility index (Phi) is 4.85. The first-order chi connectivity index (χ1) is 11.1. The van der Waals surface area contributed by atoms with E-state index in [1.165, 1.54) is 18.4 Å². The zero-order valence-electron chi connectivity index (χ0n) is 14.5. The van der Waals surface area contributed by atoms with Crippen molar-refractivity contribution in [2.75, 3.05) is 19.8 Å². The lowest BCUT2D eigenvalue weighted by Crippen LogP contribution is -2.43. The van der Waals surface area contributed by atoms with Crippen LogP contribution in [0.15, 0.2) is 11.6 Å². The third-order valence-electron chi connectivity index (χ3n) is 5.11. The molecule has 5 nitrogen and oxygen atoms in total.